The maximum atomic E-state index is 6.15. The Labute approximate surface area is 190 Å². The van der Waals surface area contributed by atoms with Gasteiger partial charge in [-0.25, -0.2) is 0 Å². The van der Waals surface area contributed by atoms with Crippen molar-refractivity contribution in [3.05, 3.63) is 144 Å². The van der Waals surface area contributed by atoms with Gasteiger partial charge in [0.1, 0.15) is 0 Å². The van der Waals surface area contributed by atoms with Gasteiger partial charge in [-0.05, 0) is 22.3 Å². The van der Waals surface area contributed by atoms with Crippen molar-refractivity contribution in [1.29, 1.82) is 0 Å². The summed E-state index contributed by atoms with van der Waals surface area (Å²) in [6.07, 6.45) is 0. The normalized spacial score (nSPS) is 18.3. The largest absolute Gasteiger partial charge is 0.344 e. The summed E-state index contributed by atoms with van der Waals surface area (Å²) in [7, 11) is 0. The van der Waals surface area contributed by atoms with Crippen LogP contribution in [0, 0.1) is 0 Å². The van der Waals surface area contributed by atoms with E-state index >= 15 is 0 Å². The topological polar surface area (TPSA) is 109 Å². The van der Waals surface area contributed by atoms with Crippen LogP contribution in [0.2, 0.25) is 0 Å². The molecule has 0 aliphatic carbocycles. The van der Waals surface area contributed by atoms with E-state index in [9.17, 15) is 0 Å². The van der Waals surface area contributed by atoms with Crippen LogP contribution in [-0.2, 0) is 0 Å². The number of nitrogens with two attached hydrogens (primary N) is 2. The van der Waals surface area contributed by atoms with Crippen molar-refractivity contribution >= 4 is 0 Å². The Hall–Kier alpha value is -3.28. The molecule has 2 unspecified atom stereocenters. The summed E-state index contributed by atoms with van der Waals surface area (Å²) in [5.41, 5.74) is 17.2. The number of hydrogen-bond donors (Lipinski definition) is 4. The van der Waals surface area contributed by atoms with Gasteiger partial charge >= 0.3 is 0 Å². The molecule has 1 aliphatic heterocycles. The first kappa shape index (κ1) is 23.4. The Morgan fingerprint density at radius 2 is 0.750 bits per heavy atom. The minimum Gasteiger partial charge on any atom is -0.344 e. The molecule has 4 aromatic carbocycles. The fraction of sp³-hybridized carbons (Fsp3) is 0.143. The Morgan fingerprint density at radius 1 is 0.469 bits per heavy atom. The summed E-state index contributed by atoms with van der Waals surface area (Å²) < 4.78 is 0. The molecular formula is C28H32N4. The van der Waals surface area contributed by atoms with E-state index in [1.165, 1.54) is 11.1 Å². The summed E-state index contributed by atoms with van der Waals surface area (Å²) in [6, 6.07) is 41.8. The third kappa shape index (κ3) is 5.90. The van der Waals surface area contributed by atoms with Gasteiger partial charge in [0.25, 0.3) is 0 Å². The Bertz CT molecular complexity index is 953. The molecule has 8 N–H and O–H groups in total. The number of rotatable bonds is 5. The lowest BCUT2D eigenvalue weighted by Crippen LogP contribution is -2.26. The van der Waals surface area contributed by atoms with Crippen molar-refractivity contribution in [2.75, 3.05) is 0 Å². The predicted molar refractivity (Wildman–Crippen MR) is 133 cm³/mol. The lowest BCUT2D eigenvalue weighted by atomic mass is 9.95. The van der Waals surface area contributed by atoms with Crippen LogP contribution >= 0.6 is 0 Å². The zero-order valence-corrected chi connectivity index (χ0v) is 18.2. The molecule has 164 valence electrons. The highest BCUT2D eigenvalue weighted by Gasteiger charge is 2.38. The molecule has 5 rings (SSSR count). The fourth-order valence-corrected chi connectivity index (χ4v) is 3.80. The van der Waals surface area contributed by atoms with Crippen LogP contribution in [0.15, 0.2) is 121 Å². The van der Waals surface area contributed by atoms with E-state index in [2.05, 4.69) is 66.0 Å². The predicted octanol–water partition coefficient (Wildman–Crippen LogP) is 5.62. The van der Waals surface area contributed by atoms with Crippen LogP contribution < -0.4 is 22.9 Å². The molecule has 0 spiro atoms. The lowest BCUT2D eigenvalue weighted by molar-refractivity contribution is 0.574. The molecule has 0 aromatic heterocycles. The zero-order valence-electron chi connectivity index (χ0n) is 18.2. The first-order valence-corrected chi connectivity index (χ1v) is 10.7. The summed E-state index contributed by atoms with van der Waals surface area (Å²) in [6.45, 7) is 0. The Morgan fingerprint density at radius 3 is 1.06 bits per heavy atom. The first-order valence-electron chi connectivity index (χ1n) is 10.7. The van der Waals surface area contributed by atoms with Gasteiger partial charge in [-0.3, -0.25) is 5.32 Å². The molecule has 1 saturated heterocycles. The van der Waals surface area contributed by atoms with Crippen molar-refractivity contribution < 1.29 is 0 Å². The molecule has 1 heterocycles. The van der Waals surface area contributed by atoms with E-state index in [-0.39, 0.29) is 18.2 Å². The second-order valence-electron chi connectivity index (χ2n) is 7.82. The van der Waals surface area contributed by atoms with Gasteiger partial charge in [-0.2, -0.15) is 0 Å². The fourth-order valence-electron chi connectivity index (χ4n) is 3.80. The van der Waals surface area contributed by atoms with Crippen molar-refractivity contribution in [3.8, 4) is 0 Å². The van der Waals surface area contributed by atoms with Crippen LogP contribution in [0.1, 0.15) is 46.4 Å². The average molecular weight is 425 g/mol. The quantitative estimate of drug-likeness (QED) is 0.312. The minimum atomic E-state index is -0.163. The Balaban J connectivity index is 0.000000175. The maximum Gasteiger partial charge on any atom is 0.0523 e. The van der Waals surface area contributed by atoms with E-state index in [0.717, 1.165) is 11.1 Å². The van der Waals surface area contributed by atoms with Crippen molar-refractivity contribution in [2.45, 2.75) is 24.2 Å². The molecule has 0 bridgehead atoms. The Kier molecular flexibility index (Phi) is 8.31. The molecule has 4 atom stereocenters. The highest BCUT2D eigenvalue weighted by Crippen LogP contribution is 2.41. The van der Waals surface area contributed by atoms with E-state index in [4.69, 9.17) is 11.5 Å². The highest BCUT2D eigenvalue weighted by molar-refractivity contribution is 5.34. The third-order valence-electron chi connectivity index (χ3n) is 5.66. The van der Waals surface area contributed by atoms with E-state index in [1.54, 1.807) is 0 Å². The summed E-state index contributed by atoms with van der Waals surface area (Å²) in [5.74, 6) is 0. The SMILES string of the molecule is N.N[C@H](c1ccccc1)[C@@H](N)c1ccccc1.c1ccc(C2NC2c2ccccc2)cc1. The number of nitrogens with one attached hydrogen (secondary N) is 1. The number of hydrogen-bond acceptors (Lipinski definition) is 4. The van der Waals surface area contributed by atoms with Gasteiger partial charge in [-0.1, -0.05) is 121 Å². The van der Waals surface area contributed by atoms with Crippen molar-refractivity contribution in [3.63, 3.8) is 0 Å². The van der Waals surface area contributed by atoms with Gasteiger partial charge in [0.05, 0.1) is 12.1 Å². The average Bonchev–Trinajstić information content (AvgIpc) is 3.67. The molecule has 32 heavy (non-hydrogen) atoms. The molecule has 0 saturated carbocycles. The second-order valence-corrected chi connectivity index (χ2v) is 7.82. The number of benzene rings is 4. The molecule has 0 radical (unpaired) electrons. The van der Waals surface area contributed by atoms with Crippen LogP contribution in [0.4, 0.5) is 0 Å². The summed E-state index contributed by atoms with van der Waals surface area (Å²) in [4.78, 5) is 0. The van der Waals surface area contributed by atoms with Gasteiger partial charge < -0.3 is 17.6 Å². The minimum absolute atomic E-state index is 0. The molecule has 1 aliphatic rings. The van der Waals surface area contributed by atoms with E-state index in [1.807, 2.05) is 60.7 Å². The van der Waals surface area contributed by atoms with E-state index < -0.39 is 0 Å². The van der Waals surface area contributed by atoms with Crippen molar-refractivity contribution in [1.82, 2.24) is 11.5 Å². The molecule has 4 heteroatoms. The van der Waals surface area contributed by atoms with Gasteiger partial charge in [-0.15, -0.1) is 0 Å². The molecule has 1 fully saturated rings. The molecule has 0 amide bonds. The van der Waals surface area contributed by atoms with Crippen LogP contribution in [0.25, 0.3) is 0 Å². The van der Waals surface area contributed by atoms with Crippen LogP contribution in [0.5, 0.6) is 0 Å². The van der Waals surface area contributed by atoms with Gasteiger partial charge in [0.2, 0.25) is 0 Å². The van der Waals surface area contributed by atoms with Gasteiger partial charge in [0.15, 0.2) is 0 Å². The highest BCUT2D eigenvalue weighted by atomic mass is 15.1. The third-order valence-corrected chi connectivity index (χ3v) is 5.66. The van der Waals surface area contributed by atoms with Crippen molar-refractivity contribution in [2.24, 2.45) is 11.5 Å². The second kappa shape index (κ2) is 11.4. The first-order chi connectivity index (χ1) is 15.2. The zero-order chi connectivity index (χ0) is 21.5. The van der Waals surface area contributed by atoms with E-state index in [0.29, 0.717) is 12.1 Å². The monoisotopic (exact) mass is 424 g/mol. The lowest BCUT2D eigenvalue weighted by Gasteiger charge is -2.20. The molecule has 4 nitrogen and oxygen atoms in total. The molecular weight excluding hydrogens is 392 g/mol. The van der Waals surface area contributed by atoms with Gasteiger partial charge in [0, 0.05) is 12.1 Å². The maximum absolute atomic E-state index is 6.15. The van der Waals surface area contributed by atoms with Crippen LogP contribution in [-0.4, -0.2) is 0 Å². The standard InChI is InChI=1S/C14H16N2.C14H13N.H3N/c15-13(11-7-3-1-4-8-11)14(16)12-9-5-2-6-10-12;1-3-7-11(8-4-1)13-14(15-13)12-9-5-2-6-10-12;/h1-10,13-14H,15-16H2;1-10,13-15H;1H3/t13-,14+;;. The summed E-state index contributed by atoms with van der Waals surface area (Å²) in [5, 5.41) is 3.50. The smallest absolute Gasteiger partial charge is 0.0523 e. The van der Waals surface area contributed by atoms with Crippen LogP contribution in [0.3, 0.4) is 0 Å². The molecule has 4 aromatic rings. The summed E-state index contributed by atoms with van der Waals surface area (Å²) >= 11 is 0.